The number of hydrogen-bond acceptors (Lipinski definition) is 4. The molecule has 4 heteroatoms. The molecule has 0 amide bonds. The first-order valence-electron chi connectivity index (χ1n) is 8.81. The maximum atomic E-state index is 11.4. The molecule has 1 rings (SSSR count). The molecule has 0 spiro atoms. The van der Waals surface area contributed by atoms with Crippen LogP contribution < -0.4 is 0 Å². The minimum absolute atomic E-state index is 0.0701. The first-order chi connectivity index (χ1) is 10.4. The highest BCUT2D eigenvalue weighted by molar-refractivity contribution is 5.69. The van der Waals surface area contributed by atoms with Crippen molar-refractivity contribution in [3.05, 3.63) is 0 Å². The highest BCUT2D eigenvalue weighted by Gasteiger charge is 2.43. The molecule has 1 saturated heterocycles. The number of rotatable bonds is 9. The smallest absolute Gasteiger partial charge is 0.308 e. The van der Waals surface area contributed by atoms with Gasteiger partial charge in [0.2, 0.25) is 0 Å². The van der Waals surface area contributed by atoms with Gasteiger partial charge in [0.15, 0.2) is 0 Å². The Bertz CT molecular complexity index is 344. The minimum Gasteiger partial charge on any atom is -0.469 e. The summed E-state index contributed by atoms with van der Waals surface area (Å²) in [5.74, 6) is 0.334. The molecule has 130 valence electrons. The Morgan fingerprint density at radius 2 is 2.09 bits per heavy atom. The van der Waals surface area contributed by atoms with Crippen LogP contribution in [-0.4, -0.2) is 36.0 Å². The predicted molar refractivity (Wildman–Crippen MR) is 87.6 cm³/mol. The molecule has 5 unspecified atom stereocenters. The second kappa shape index (κ2) is 8.88. The molecule has 1 fully saturated rings. The third kappa shape index (κ3) is 5.24. The van der Waals surface area contributed by atoms with Crippen LogP contribution in [0.2, 0.25) is 0 Å². The lowest BCUT2D eigenvalue weighted by Crippen LogP contribution is -2.34. The number of hydrogen-bond donors (Lipinski definition) is 1. The molecule has 0 saturated carbocycles. The molecule has 1 aliphatic heterocycles. The van der Waals surface area contributed by atoms with E-state index >= 15 is 0 Å². The summed E-state index contributed by atoms with van der Waals surface area (Å²) >= 11 is 0. The molecule has 5 atom stereocenters. The molecule has 0 aromatic carbocycles. The average Bonchev–Trinajstić information content (AvgIpc) is 2.81. The molecule has 1 N–H and O–H groups in total. The fraction of sp³-hybridized carbons (Fsp3) is 0.944. The lowest BCUT2D eigenvalue weighted by molar-refractivity contribution is -0.144. The van der Waals surface area contributed by atoms with Gasteiger partial charge in [0.1, 0.15) is 0 Å². The van der Waals surface area contributed by atoms with E-state index in [1.807, 2.05) is 0 Å². The largest absolute Gasteiger partial charge is 0.469 e. The average molecular weight is 314 g/mol. The molecule has 0 aromatic heterocycles. The Balaban J connectivity index is 2.67. The van der Waals surface area contributed by atoms with Gasteiger partial charge in [-0.2, -0.15) is 0 Å². The molecule has 0 radical (unpaired) electrons. The van der Waals surface area contributed by atoms with E-state index in [2.05, 4.69) is 32.4 Å². The van der Waals surface area contributed by atoms with Crippen LogP contribution in [0.4, 0.5) is 0 Å². The van der Waals surface area contributed by atoms with Crippen LogP contribution in [0.25, 0.3) is 0 Å². The number of carbonyl (C=O) groups is 1. The van der Waals surface area contributed by atoms with Crippen molar-refractivity contribution in [3.8, 4) is 0 Å². The third-order valence-corrected chi connectivity index (χ3v) is 5.12. The zero-order valence-electron chi connectivity index (χ0n) is 14.9. The van der Waals surface area contributed by atoms with Crippen molar-refractivity contribution < 1.29 is 19.4 Å². The standard InChI is InChI=1S/C18H34O4/c1-6-9-16-14(8-3)12-18(4,22-16)11-13(7-2)15(19)10-17(20)21-5/h13-16,19H,6-12H2,1-5H3. The highest BCUT2D eigenvalue weighted by atomic mass is 16.5. The van der Waals surface area contributed by atoms with Gasteiger partial charge >= 0.3 is 5.97 Å². The fourth-order valence-corrected chi connectivity index (χ4v) is 3.84. The van der Waals surface area contributed by atoms with Crippen molar-refractivity contribution in [3.63, 3.8) is 0 Å². The summed E-state index contributed by atoms with van der Waals surface area (Å²) in [5, 5.41) is 10.3. The minimum atomic E-state index is -0.650. The predicted octanol–water partition coefficient (Wildman–Crippen LogP) is 3.70. The molecular formula is C18H34O4. The van der Waals surface area contributed by atoms with Gasteiger partial charge in [-0.05, 0) is 38.0 Å². The van der Waals surface area contributed by atoms with Gasteiger partial charge in [-0.15, -0.1) is 0 Å². The SMILES string of the molecule is CCCC1OC(C)(CC(CC)C(O)CC(=O)OC)CC1CC. The Labute approximate surface area is 135 Å². The second-order valence-electron chi connectivity index (χ2n) is 6.99. The Kier molecular flexibility index (Phi) is 7.84. The van der Waals surface area contributed by atoms with Gasteiger partial charge in [-0.25, -0.2) is 0 Å². The fourth-order valence-electron chi connectivity index (χ4n) is 3.84. The Morgan fingerprint density at radius 3 is 2.59 bits per heavy atom. The zero-order valence-corrected chi connectivity index (χ0v) is 14.9. The lowest BCUT2D eigenvalue weighted by Gasteiger charge is -2.31. The van der Waals surface area contributed by atoms with Gasteiger partial charge in [-0.3, -0.25) is 4.79 Å². The summed E-state index contributed by atoms with van der Waals surface area (Å²) in [5.41, 5.74) is -0.182. The van der Waals surface area contributed by atoms with Crippen molar-refractivity contribution in [1.29, 1.82) is 0 Å². The van der Waals surface area contributed by atoms with Gasteiger partial charge in [-0.1, -0.05) is 40.0 Å². The topological polar surface area (TPSA) is 55.8 Å². The van der Waals surface area contributed by atoms with E-state index < -0.39 is 6.10 Å². The monoisotopic (exact) mass is 314 g/mol. The summed E-state index contributed by atoms with van der Waals surface area (Å²) < 4.78 is 11.0. The molecule has 0 bridgehead atoms. The van der Waals surface area contributed by atoms with E-state index in [-0.39, 0.29) is 23.9 Å². The summed E-state index contributed by atoms with van der Waals surface area (Å²) in [7, 11) is 1.36. The lowest BCUT2D eigenvalue weighted by atomic mass is 9.81. The molecule has 0 aromatic rings. The number of methoxy groups -OCH3 is 1. The third-order valence-electron chi connectivity index (χ3n) is 5.12. The van der Waals surface area contributed by atoms with Crippen LogP contribution in [0, 0.1) is 11.8 Å². The van der Waals surface area contributed by atoms with Crippen LogP contribution in [0.15, 0.2) is 0 Å². The van der Waals surface area contributed by atoms with E-state index in [1.54, 1.807) is 0 Å². The first-order valence-corrected chi connectivity index (χ1v) is 8.81. The van der Waals surface area contributed by atoms with E-state index in [0.717, 1.165) is 38.5 Å². The second-order valence-corrected chi connectivity index (χ2v) is 6.99. The molecule has 1 aliphatic rings. The van der Waals surface area contributed by atoms with Crippen molar-refractivity contribution >= 4 is 5.97 Å². The molecule has 4 nitrogen and oxygen atoms in total. The van der Waals surface area contributed by atoms with Crippen molar-refractivity contribution in [1.82, 2.24) is 0 Å². The molecule has 1 heterocycles. The number of carbonyl (C=O) groups excluding carboxylic acids is 1. The maximum absolute atomic E-state index is 11.4. The van der Waals surface area contributed by atoms with Gasteiger partial charge < -0.3 is 14.6 Å². The molecule has 22 heavy (non-hydrogen) atoms. The Hall–Kier alpha value is -0.610. The number of aliphatic hydroxyl groups excluding tert-OH is 1. The van der Waals surface area contributed by atoms with Gasteiger partial charge in [0.25, 0.3) is 0 Å². The number of aliphatic hydroxyl groups is 1. The normalized spacial score (nSPS) is 31.0. The maximum Gasteiger partial charge on any atom is 0.308 e. The van der Waals surface area contributed by atoms with Gasteiger partial charge in [0.05, 0.1) is 31.3 Å². The van der Waals surface area contributed by atoms with E-state index in [4.69, 9.17) is 4.74 Å². The van der Waals surface area contributed by atoms with E-state index in [0.29, 0.717) is 12.0 Å². The number of esters is 1. The first kappa shape index (κ1) is 19.4. The van der Waals surface area contributed by atoms with Crippen molar-refractivity contribution in [2.45, 2.75) is 90.4 Å². The highest BCUT2D eigenvalue weighted by Crippen LogP contribution is 2.43. The summed E-state index contributed by atoms with van der Waals surface area (Å²) in [4.78, 5) is 11.4. The quantitative estimate of drug-likeness (QED) is 0.659. The summed E-state index contributed by atoms with van der Waals surface area (Å²) in [6.07, 6.45) is 5.84. The molecular weight excluding hydrogens is 280 g/mol. The Morgan fingerprint density at radius 1 is 1.41 bits per heavy atom. The summed E-state index contributed by atoms with van der Waals surface area (Å²) in [6.45, 7) is 8.65. The summed E-state index contributed by atoms with van der Waals surface area (Å²) in [6, 6.07) is 0. The van der Waals surface area contributed by atoms with Crippen molar-refractivity contribution in [2.24, 2.45) is 11.8 Å². The van der Waals surface area contributed by atoms with Crippen LogP contribution in [0.3, 0.4) is 0 Å². The number of ether oxygens (including phenoxy) is 2. The van der Waals surface area contributed by atoms with Gasteiger partial charge in [0, 0.05) is 0 Å². The zero-order chi connectivity index (χ0) is 16.8. The van der Waals surface area contributed by atoms with Crippen LogP contribution in [0.5, 0.6) is 0 Å². The van der Waals surface area contributed by atoms with Crippen molar-refractivity contribution in [2.75, 3.05) is 7.11 Å². The van der Waals surface area contributed by atoms with Crippen LogP contribution in [0.1, 0.15) is 72.6 Å². The van der Waals surface area contributed by atoms with Crippen LogP contribution in [-0.2, 0) is 14.3 Å². The van der Waals surface area contributed by atoms with E-state index in [1.165, 1.54) is 7.11 Å². The van der Waals surface area contributed by atoms with E-state index in [9.17, 15) is 9.90 Å². The van der Waals surface area contributed by atoms with Crippen LogP contribution >= 0.6 is 0 Å². The molecule has 0 aliphatic carbocycles.